The molecule has 0 saturated heterocycles. The monoisotopic (exact) mass is 358 g/mol. The molecular weight excluding hydrogens is 336 g/mol. The third-order valence-electron chi connectivity index (χ3n) is 1.65. The summed E-state index contributed by atoms with van der Waals surface area (Å²) in [5.74, 6) is -6.39. The van der Waals surface area contributed by atoms with Crippen LogP contribution >= 0.6 is 12.4 Å². The molecule has 0 radical (unpaired) electrons. The van der Waals surface area contributed by atoms with Crippen LogP contribution in [0.2, 0.25) is 0 Å². The lowest BCUT2D eigenvalue weighted by molar-refractivity contribution is -0.0490. The van der Waals surface area contributed by atoms with Crippen molar-refractivity contribution < 1.29 is 37.3 Å². The molecule has 0 fully saturated rings. The van der Waals surface area contributed by atoms with Crippen molar-refractivity contribution >= 4 is 18.5 Å². The summed E-state index contributed by atoms with van der Waals surface area (Å²) in [5, 5.41) is 17.8. The zero-order valence-corrected chi connectivity index (χ0v) is 13.4. The number of alkyl carbamates (subject to hydrolysis) is 1. The van der Waals surface area contributed by atoms with Gasteiger partial charge in [0.2, 0.25) is 0 Å². The zero-order valence-electron chi connectivity index (χ0n) is 12.5. The van der Waals surface area contributed by atoms with E-state index in [0.29, 0.717) is 0 Å². The van der Waals surface area contributed by atoms with E-state index >= 15 is 0 Å². The van der Waals surface area contributed by atoms with Crippen molar-refractivity contribution in [1.82, 2.24) is 5.32 Å². The van der Waals surface area contributed by atoms with Crippen molar-refractivity contribution in [2.24, 2.45) is 5.73 Å². The van der Waals surface area contributed by atoms with Gasteiger partial charge in [-0.3, -0.25) is 0 Å². The number of carbonyl (C=O) groups is 1. The predicted octanol–water partition coefficient (Wildman–Crippen LogP) is 1.13. The Hall–Kier alpha value is -0.840. The first-order chi connectivity index (χ1) is 9.28. The Morgan fingerprint density at radius 2 is 1.50 bits per heavy atom. The summed E-state index contributed by atoms with van der Waals surface area (Å²) in [6, 6.07) is 0. The minimum atomic E-state index is -3.31. The smallest absolute Gasteiger partial charge is 0.407 e. The van der Waals surface area contributed by atoms with Crippen LogP contribution in [0, 0.1) is 0 Å². The molecule has 0 spiro atoms. The number of amides is 1. The molecule has 0 saturated carbocycles. The molecule has 11 heteroatoms. The molecule has 0 aliphatic heterocycles. The van der Waals surface area contributed by atoms with Crippen LogP contribution in [0.25, 0.3) is 0 Å². The molecule has 0 bridgehead atoms. The molecular formula is C11H23ClF4N2O4. The number of halogens is 5. The van der Waals surface area contributed by atoms with Crippen molar-refractivity contribution in [3.63, 3.8) is 0 Å². The fraction of sp³-hybridized carbons (Fsp3) is 0.909. The maximum atomic E-state index is 12.4. The summed E-state index contributed by atoms with van der Waals surface area (Å²) in [7, 11) is 0. The molecule has 0 heterocycles. The first-order valence-corrected chi connectivity index (χ1v) is 5.93. The van der Waals surface area contributed by atoms with Crippen LogP contribution in [0.4, 0.5) is 22.4 Å². The molecule has 0 aliphatic rings. The number of alkyl halides is 4. The van der Waals surface area contributed by atoms with Crippen molar-refractivity contribution in [3.8, 4) is 0 Å². The number of rotatable bonds is 5. The Labute approximate surface area is 132 Å². The molecule has 0 aromatic carbocycles. The maximum absolute atomic E-state index is 12.4. The number of hydrogen-bond donors (Lipinski definition) is 4. The first kappa shape index (κ1) is 26.1. The van der Waals surface area contributed by atoms with E-state index in [2.05, 4.69) is 5.73 Å². The first-order valence-electron chi connectivity index (χ1n) is 5.93. The average Bonchev–Trinajstić information content (AvgIpc) is 2.35. The third kappa shape index (κ3) is 17.2. The van der Waals surface area contributed by atoms with Crippen molar-refractivity contribution in [2.45, 2.75) is 38.2 Å². The van der Waals surface area contributed by atoms with Crippen LogP contribution in [-0.2, 0) is 4.74 Å². The average molecular weight is 359 g/mol. The number of aliphatic hydroxyl groups is 2. The topological polar surface area (TPSA) is 105 Å². The van der Waals surface area contributed by atoms with Crippen LogP contribution in [0.1, 0.15) is 20.8 Å². The largest absolute Gasteiger partial charge is 0.444 e. The van der Waals surface area contributed by atoms with E-state index in [4.69, 9.17) is 14.9 Å². The summed E-state index contributed by atoms with van der Waals surface area (Å²) >= 11 is 0. The SMILES string of the molecule is CC(C)(C)OC(=O)NCC(F)(F)CO.Cl.NCC(F)(F)CO. The second-order valence-corrected chi connectivity index (χ2v) is 5.09. The van der Waals surface area contributed by atoms with E-state index in [9.17, 15) is 22.4 Å². The predicted molar refractivity (Wildman–Crippen MR) is 74.6 cm³/mol. The summed E-state index contributed by atoms with van der Waals surface area (Å²) in [4.78, 5) is 10.9. The number of nitrogens with two attached hydrogens (primary N) is 1. The molecule has 0 aliphatic carbocycles. The molecule has 22 heavy (non-hydrogen) atoms. The van der Waals surface area contributed by atoms with Gasteiger partial charge in [0.25, 0.3) is 11.8 Å². The van der Waals surface area contributed by atoms with Crippen LogP contribution in [0.3, 0.4) is 0 Å². The van der Waals surface area contributed by atoms with Gasteiger partial charge in [-0.05, 0) is 20.8 Å². The van der Waals surface area contributed by atoms with E-state index in [1.54, 1.807) is 20.8 Å². The highest BCUT2D eigenvalue weighted by Crippen LogP contribution is 2.11. The van der Waals surface area contributed by atoms with Gasteiger partial charge >= 0.3 is 6.09 Å². The number of ether oxygens (including phenoxy) is 1. The lowest BCUT2D eigenvalue weighted by atomic mass is 10.2. The van der Waals surface area contributed by atoms with Gasteiger partial charge in [-0.25, -0.2) is 22.4 Å². The van der Waals surface area contributed by atoms with Gasteiger partial charge in [-0.1, -0.05) is 0 Å². The molecule has 0 aromatic heterocycles. The molecule has 0 unspecified atom stereocenters. The zero-order chi connectivity index (χ0) is 17.3. The molecule has 0 atom stereocenters. The van der Waals surface area contributed by atoms with Crippen LogP contribution in [0.5, 0.6) is 0 Å². The van der Waals surface area contributed by atoms with Crippen molar-refractivity contribution in [1.29, 1.82) is 0 Å². The van der Waals surface area contributed by atoms with Gasteiger partial charge in [0.05, 0.1) is 13.1 Å². The van der Waals surface area contributed by atoms with Gasteiger partial charge in [0.1, 0.15) is 18.8 Å². The van der Waals surface area contributed by atoms with E-state index < -0.39 is 49.8 Å². The fourth-order valence-corrected chi connectivity index (χ4v) is 0.636. The molecule has 6 nitrogen and oxygen atoms in total. The summed E-state index contributed by atoms with van der Waals surface area (Å²) in [6.07, 6.45) is -0.925. The quantitative estimate of drug-likeness (QED) is 0.551. The standard InChI is InChI=1S/C8H15F2NO3.C3H7F2NO.ClH/c1-7(2,3)14-6(13)11-4-8(9,10)5-12;4-3(5,1-6)2-7;/h12H,4-5H2,1-3H3,(H,11,13);7H,1-2,6H2;1H. The highest BCUT2D eigenvalue weighted by molar-refractivity contribution is 5.85. The number of hydrogen-bond acceptors (Lipinski definition) is 5. The minimum absolute atomic E-state index is 0. The van der Waals surface area contributed by atoms with E-state index in [1.807, 2.05) is 5.32 Å². The van der Waals surface area contributed by atoms with Crippen LogP contribution in [0.15, 0.2) is 0 Å². The summed E-state index contributed by atoms with van der Waals surface area (Å²) in [5.41, 5.74) is 3.78. The molecule has 136 valence electrons. The van der Waals surface area contributed by atoms with Gasteiger partial charge in [0, 0.05) is 0 Å². The lowest BCUT2D eigenvalue weighted by Gasteiger charge is -2.21. The van der Waals surface area contributed by atoms with Gasteiger partial charge in [-0.2, -0.15) is 0 Å². The number of nitrogens with one attached hydrogen (secondary N) is 1. The summed E-state index contributed by atoms with van der Waals surface area (Å²) in [6.45, 7) is 0.679. The Morgan fingerprint density at radius 3 is 1.73 bits per heavy atom. The highest BCUT2D eigenvalue weighted by Gasteiger charge is 2.29. The second-order valence-electron chi connectivity index (χ2n) is 5.09. The molecule has 0 rings (SSSR count). The fourth-order valence-electron chi connectivity index (χ4n) is 0.636. The normalized spacial score (nSPS) is 11.7. The van der Waals surface area contributed by atoms with E-state index in [-0.39, 0.29) is 12.4 Å². The van der Waals surface area contributed by atoms with Crippen LogP contribution < -0.4 is 11.1 Å². The van der Waals surface area contributed by atoms with E-state index in [0.717, 1.165) is 0 Å². The van der Waals surface area contributed by atoms with Crippen LogP contribution in [-0.4, -0.2) is 60.1 Å². The van der Waals surface area contributed by atoms with Gasteiger partial charge in [-0.15, -0.1) is 12.4 Å². The Bertz CT molecular complexity index is 309. The summed E-state index contributed by atoms with van der Waals surface area (Å²) < 4.78 is 52.6. The van der Waals surface area contributed by atoms with Crippen molar-refractivity contribution in [2.75, 3.05) is 26.3 Å². The van der Waals surface area contributed by atoms with Gasteiger partial charge < -0.3 is 26.0 Å². The van der Waals surface area contributed by atoms with Crippen molar-refractivity contribution in [3.05, 3.63) is 0 Å². The number of carbonyl (C=O) groups excluding carboxylic acids is 1. The maximum Gasteiger partial charge on any atom is 0.407 e. The Kier molecular flexibility index (Phi) is 12.8. The van der Waals surface area contributed by atoms with E-state index in [1.165, 1.54) is 0 Å². The molecule has 1 amide bonds. The Balaban J connectivity index is -0.000000385. The second kappa shape index (κ2) is 10.8. The third-order valence-corrected chi connectivity index (χ3v) is 1.65. The Morgan fingerprint density at radius 1 is 1.09 bits per heavy atom. The highest BCUT2D eigenvalue weighted by atomic mass is 35.5. The molecule has 0 aromatic rings. The molecule has 5 N–H and O–H groups in total. The number of aliphatic hydroxyl groups excluding tert-OH is 2. The lowest BCUT2D eigenvalue weighted by Crippen LogP contribution is -2.41. The van der Waals surface area contributed by atoms with Gasteiger partial charge in [0.15, 0.2) is 0 Å². The minimum Gasteiger partial charge on any atom is -0.444 e.